The van der Waals surface area contributed by atoms with Crippen LogP contribution in [0, 0.1) is 31.0 Å². The van der Waals surface area contributed by atoms with Crippen LogP contribution >= 0.6 is 0 Å². The van der Waals surface area contributed by atoms with Gasteiger partial charge in [0, 0.05) is 5.69 Å². The van der Waals surface area contributed by atoms with Gasteiger partial charge in [0.1, 0.15) is 5.82 Å². The molecule has 1 N–H and O–H groups in total. The number of nitrogens with one attached hydrogen (secondary N) is 1. The largest absolute Gasteiger partial charge is 0.353 e. The molecule has 18 heavy (non-hydrogen) atoms. The summed E-state index contributed by atoms with van der Waals surface area (Å²) in [6, 6.07) is 12.3. The van der Waals surface area contributed by atoms with Gasteiger partial charge in [0.15, 0.2) is 0 Å². The quantitative estimate of drug-likeness (QED) is 0.859. The van der Waals surface area contributed by atoms with Crippen molar-refractivity contribution in [3.8, 4) is 6.07 Å². The summed E-state index contributed by atoms with van der Waals surface area (Å²) in [6.45, 7) is 3.95. The second kappa shape index (κ2) is 4.89. The molecular weight excluding hydrogens is 227 g/mol. The molecule has 2 rings (SSSR count). The molecule has 0 aromatic heterocycles. The van der Waals surface area contributed by atoms with Crippen molar-refractivity contribution in [3.05, 3.63) is 58.9 Å². The van der Waals surface area contributed by atoms with Crippen LogP contribution in [0.5, 0.6) is 0 Å². The lowest BCUT2D eigenvalue weighted by atomic mass is 10.1. The Hall–Kier alpha value is -2.34. The van der Waals surface area contributed by atoms with E-state index in [0.717, 1.165) is 16.8 Å². The van der Waals surface area contributed by atoms with E-state index in [4.69, 9.17) is 5.26 Å². The van der Waals surface area contributed by atoms with Crippen LogP contribution in [0.2, 0.25) is 0 Å². The number of nitriles is 1. The van der Waals surface area contributed by atoms with Crippen LogP contribution in [0.4, 0.5) is 15.8 Å². The minimum atomic E-state index is -0.421. The molecule has 0 radical (unpaired) electrons. The van der Waals surface area contributed by atoms with Gasteiger partial charge in [-0.05, 0) is 49.2 Å². The second-order valence-electron chi connectivity index (χ2n) is 4.25. The first-order valence-electron chi connectivity index (χ1n) is 5.64. The summed E-state index contributed by atoms with van der Waals surface area (Å²) in [5, 5.41) is 11.7. The summed E-state index contributed by atoms with van der Waals surface area (Å²) < 4.78 is 13.7. The zero-order valence-corrected chi connectivity index (χ0v) is 10.3. The van der Waals surface area contributed by atoms with Gasteiger partial charge in [-0.25, -0.2) is 4.39 Å². The fraction of sp³-hybridized carbons (Fsp3) is 0.133. The number of hydrogen-bond acceptors (Lipinski definition) is 2. The van der Waals surface area contributed by atoms with Crippen LogP contribution in [0.15, 0.2) is 36.4 Å². The topological polar surface area (TPSA) is 35.8 Å². The average Bonchev–Trinajstić information content (AvgIpc) is 2.36. The van der Waals surface area contributed by atoms with Gasteiger partial charge < -0.3 is 5.32 Å². The Balaban J connectivity index is 2.34. The second-order valence-corrected chi connectivity index (χ2v) is 4.25. The van der Waals surface area contributed by atoms with Crippen molar-refractivity contribution >= 4 is 11.4 Å². The highest BCUT2D eigenvalue weighted by Crippen LogP contribution is 2.24. The van der Waals surface area contributed by atoms with Gasteiger partial charge in [0.05, 0.1) is 17.3 Å². The smallest absolute Gasteiger partial charge is 0.147 e. The predicted octanol–water partition coefficient (Wildman–Crippen LogP) is 4.06. The highest BCUT2D eigenvalue weighted by Gasteiger charge is 2.05. The van der Waals surface area contributed by atoms with Crippen LogP contribution in [0.25, 0.3) is 0 Å². The molecule has 3 heteroatoms. The lowest BCUT2D eigenvalue weighted by Gasteiger charge is -2.11. The molecule has 0 aliphatic heterocycles. The van der Waals surface area contributed by atoms with Gasteiger partial charge >= 0.3 is 0 Å². The van der Waals surface area contributed by atoms with Crippen LogP contribution < -0.4 is 5.32 Å². The van der Waals surface area contributed by atoms with E-state index >= 15 is 0 Å². The van der Waals surface area contributed by atoms with E-state index in [2.05, 4.69) is 5.32 Å². The van der Waals surface area contributed by atoms with E-state index in [-0.39, 0.29) is 0 Å². The molecule has 0 aliphatic carbocycles. The summed E-state index contributed by atoms with van der Waals surface area (Å²) in [6.07, 6.45) is 0. The van der Waals surface area contributed by atoms with Crippen molar-refractivity contribution in [2.75, 3.05) is 5.32 Å². The van der Waals surface area contributed by atoms with Gasteiger partial charge in [0.2, 0.25) is 0 Å². The predicted molar refractivity (Wildman–Crippen MR) is 70.3 cm³/mol. The molecule has 2 aromatic carbocycles. The van der Waals surface area contributed by atoms with E-state index in [1.165, 1.54) is 6.07 Å². The molecule has 0 fully saturated rings. The van der Waals surface area contributed by atoms with E-state index in [9.17, 15) is 4.39 Å². The third kappa shape index (κ3) is 2.49. The minimum absolute atomic E-state index is 0.319. The number of benzene rings is 2. The van der Waals surface area contributed by atoms with Gasteiger partial charge in [-0.2, -0.15) is 5.26 Å². The average molecular weight is 240 g/mol. The molecule has 0 saturated carbocycles. The molecule has 0 amide bonds. The Morgan fingerprint density at radius 2 is 1.83 bits per heavy atom. The van der Waals surface area contributed by atoms with Crippen molar-refractivity contribution in [1.29, 1.82) is 5.26 Å². The maximum Gasteiger partial charge on any atom is 0.147 e. The highest BCUT2D eigenvalue weighted by atomic mass is 19.1. The third-order valence-electron chi connectivity index (χ3n) is 2.76. The molecule has 90 valence electrons. The Morgan fingerprint density at radius 1 is 1.06 bits per heavy atom. The van der Waals surface area contributed by atoms with E-state index in [0.29, 0.717) is 11.3 Å². The Bertz CT molecular complexity index is 627. The molecular formula is C15H13FN2. The summed E-state index contributed by atoms with van der Waals surface area (Å²) in [7, 11) is 0. The van der Waals surface area contributed by atoms with E-state index < -0.39 is 5.82 Å². The number of anilines is 2. The SMILES string of the molecule is Cc1ccc(C)c(Nc2ccc(C#N)cc2F)c1. The van der Waals surface area contributed by atoms with Crippen LogP contribution in [-0.2, 0) is 0 Å². The molecule has 0 saturated heterocycles. The van der Waals surface area contributed by atoms with E-state index in [1.807, 2.05) is 38.1 Å². The molecule has 0 unspecified atom stereocenters. The standard InChI is InChI=1S/C15H13FN2/c1-10-3-4-11(2)15(7-10)18-14-6-5-12(9-17)8-13(14)16/h3-8,18H,1-2H3. The first-order valence-corrected chi connectivity index (χ1v) is 5.64. The summed E-state index contributed by atoms with van der Waals surface area (Å²) >= 11 is 0. The Labute approximate surface area is 106 Å². The van der Waals surface area contributed by atoms with Crippen LogP contribution in [-0.4, -0.2) is 0 Å². The molecule has 0 spiro atoms. The number of nitrogens with zero attached hydrogens (tertiary/aromatic N) is 1. The van der Waals surface area contributed by atoms with Crippen LogP contribution in [0.1, 0.15) is 16.7 Å². The van der Waals surface area contributed by atoms with Crippen molar-refractivity contribution in [3.63, 3.8) is 0 Å². The molecule has 0 atom stereocenters. The number of hydrogen-bond donors (Lipinski definition) is 1. The zero-order valence-electron chi connectivity index (χ0n) is 10.3. The maximum atomic E-state index is 13.7. The van der Waals surface area contributed by atoms with Crippen molar-refractivity contribution in [2.45, 2.75) is 13.8 Å². The first-order chi connectivity index (χ1) is 8.60. The van der Waals surface area contributed by atoms with Crippen molar-refractivity contribution in [1.82, 2.24) is 0 Å². The molecule has 2 aromatic rings. The summed E-state index contributed by atoms with van der Waals surface area (Å²) in [5.74, 6) is -0.421. The summed E-state index contributed by atoms with van der Waals surface area (Å²) in [4.78, 5) is 0. The minimum Gasteiger partial charge on any atom is -0.353 e. The number of rotatable bonds is 2. The lowest BCUT2D eigenvalue weighted by Crippen LogP contribution is -1.97. The monoisotopic (exact) mass is 240 g/mol. The van der Waals surface area contributed by atoms with Gasteiger partial charge in [-0.3, -0.25) is 0 Å². The van der Waals surface area contributed by atoms with Gasteiger partial charge in [-0.1, -0.05) is 12.1 Å². The zero-order chi connectivity index (χ0) is 13.1. The lowest BCUT2D eigenvalue weighted by molar-refractivity contribution is 0.631. The number of aryl methyl sites for hydroxylation is 2. The Kier molecular flexibility index (Phi) is 3.29. The van der Waals surface area contributed by atoms with Gasteiger partial charge in [-0.15, -0.1) is 0 Å². The van der Waals surface area contributed by atoms with Gasteiger partial charge in [0.25, 0.3) is 0 Å². The fourth-order valence-electron chi connectivity index (χ4n) is 1.70. The highest BCUT2D eigenvalue weighted by molar-refractivity contribution is 5.64. The first kappa shape index (κ1) is 12.1. The molecule has 2 nitrogen and oxygen atoms in total. The molecule has 0 aliphatic rings. The normalized spacial score (nSPS) is 9.89. The maximum absolute atomic E-state index is 13.7. The van der Waals surface area contributed by atoms with E-state index in [1.54, 1.807) is 12.1 Å². The van der Waals surface area contributed by atoms with Crippen molar-refractivity contribution < 1.29 is 4.39 Å². The Morgan fingerprint density at radius 3 is 2.50 bits per heavy atom. The summed E-state index contributed by atoms with van der Waals surface area (Å²) in [5.41, 5.74) is 3.72. The molecule has 0 heterocycles. The van der Waals surface area contributed by atoms with Crippen LogP contribution in [0.3, 0.4) is 0 Å². The molecule has 0 bridgehead atoms. The van der Waals surface area contributed by atoms with Crippen molar-refractivity contribution in [2.24, 2.45) is 0 Å². The third-order valence-corrected chi connectivity index (χ3v) is 2.76. The fourth-order valence-corrected chi connectivity index (χ4v) is 1.70. The number of halogens is 1.